The molecule has 21 heavy (non-hydrogen) atoms. The Kier molecular flexibility index (Phi) is 4.45. The van der Waals surface area contributed by atoms with E-state index < -0.39 is 11.9 Å². The van der Waals surface area contributed by atoms with Crippen LogP contribution in [0.3, 0.4) is 0 Å². The number of fused-ring (bicyclic) bond motifs is 1. The number of pyridine rings is 1. The van der Waals surface area contributed by atoms with Gasteiger partial charge in [0.05, 0.1) is 12.0 Å². The molecule has 0 bridgehead atoms. The van der Waals surface area contributed by atoms with Gasteiger partial charge in [0, 0.05) is 18.3 Å². The normalized spacial score (nSPS) is 14.6. The molecule has 6 heteroatoms. The largest absolute Gasteiger partial charge is 0.481 e. The van der Waals surface area contributed by atoms with E-state index in [2.05, 4.69) is 4.98 Å². The summed E-state index contributed by atoms with van der Waals surface area (Å²) in [5.74, 6) is -0.879. The molecule has 1 unspecified atom stereocenters. The average Bonchev–Trinajstić information content (AvgIpc) is 2.84. The molecule has 0 spiro atoms. The Morgan fingerprint density at radius 3 is 2.76 bits per heavy atom. The fourth-order valence-corrected chi connectivity index (χ4v) is 2.89. The number of amides is 1. The van der Waals surface area contributed by atoms with Crippen molar-refractivity contribution in [3.8, 4) is 0 Å². The number of carbonyl (C=O) groups is 2. The minimum atomic E-state index is -0.872. The summed E-state index contributed by atoms with van der Waals surface area (Å²) >= 11 is 0. The first-order valence-corrected chi connectivity index (χ1v) is 7.25. The Bertz CT molecular complexity index is 572. The Morgan fingerprint density at radius 1 is 1.48 bits per heavy atom. The van der Waals surface area contributed by atoms with Gasteiger partial charge in [-0.3, -0.25) is 9.59 Å². The summed E-state index contributed by atoms with van der Waals surface area (Å²) in [5.41, 5.74) is 7.94. The lowest BCUT2D eigenvalue weighted by Gasteiger charge is -2.30. The van der Waals surface area contributed by atoms with Crippen LogP contribution in [-0.4, -0.2) is 34.6 Å². The zero-order chi connectivity index (χ0) is 15.6. The number of nitrogens with zero attached hydrogens (tertiary/aromatic N) is 2. The van der Waals surface area contributed by atoms with E-state index in [9.17, 15) is 9.59 Å². The number of primary amides is 1. The Morgan fingerprint density at radius 2 is 2.19 bits per heavy atom. The third-order valence-corrected chi connectivity index (χ3v) is 3.91. The van der Waals surface area contributed by atoms with Crippen molar-refractivity contribution >= 4 is 17.7 Å². The number of nitrogens with two attached hydrogens (primary N) is 1. The highest BCUT2D eigenvalue weighted by Crippen LogP contribution is 2.28. The molecule has 0 saturated heterocycles. The van der Waals surface area contributed by atoms with Gasteiger partial charge in [-0.25, -0.2) is 4.98 Å². The lowest BCUT2D eigenvalue weighted by atomic mass is 10.1. The predicted octanol–water partition coefficient (Wildman–Crippen LogP) is 1.36. The second-order valence-corrected chi connectivity index (χ2v) is 5.42. The molecule has 6 nitrogen and oxygen atoms in total. The van der Waals surface area contributed by atoms with Crippen LogP contribution in [-0.2, 0) is 17.6 Å². The van der Waals surface area contributed by atoms with Crippen molar-refractivity contribution in [1.29, 1.82) is 0 Å². The van der Waals surface area contributed by atoms with Gasteiger partial charge in [-0.05, 0) is 44.7 Å². The van der Waals surface area contributed by atoms with Gasteiger partial charge in [-0.1, -0.05) is 0 Å². The summed E-state index contributed by atoms with van der Waals surface area (Å²) in [6.45, 7) is 4.30. The predicted molar refractivity (Wildman–Crippen MR) is 79.5 cm³/mol. The minimum absolute atomic E-state index is 0.00912. The molecule has 1 aliphatic carbocycles. The molecule has 1 aromatic rings. The number of carboxylic acid groups (broad SMARTS) is 1. The molecule has 0 fully saturated rings. The van der Waals surface area contributed by atoms with Crippen LogP contribution in [0.1, 0.15) is 48.3 Å². The van der Waals surface area contributed by atoms with E-state index in [0.717, 1.165) is 30.5 Å². The third kappa shape index (κ3) is 3.15. The van der Waals surface area contributed by atoms with Crippen LogP contribution in [0.2, 0.25) is 0 Å². The molecule has 0 saturated carbocycles. The average molecular weight is 291 g/mol. The molecule has 0 aliphatic heterocycles. The molecule has 2 rings (SSSR count). The second kappa shape index (κ2) is 6.11. The van der Waals surface area contributed by atoms with Crippen molar-refractivity contribution in [3.63, 3.8) is 0 Å². The van der Waals surface area contributed by atoms with E-state index in [1.807, 2.05) is 24.8 Å². The van der Waals surface area contributed by atoms with E-state index in [1.54, 1.807) is 0 Å². The van der Waals surface area contributed by atoms with Crippen LogP contribution >= 0.6 is 0 Å². The first-order chi connectivity index (χ1) is 9.93. The van der Waals surface area contributed by atoms with Gasteiger partial charge in [0.15, 0.2) is 0 Å². The van der Waals surface area contributed by atoms with Crippen molar-refractivity contribution in [2.75, 3.05) is 11.4 Å². The molecule has 1 aliphatic rings. The van der Waals surface area contributed by atoms with Gasteiger partial charge in [0.25, 0.3) is 5.91 Å². The third-order valence-electron chi connectivity index (χ3n) is 3.91. The van der Waals surface area contributed by atoms with Crippen LogP contribution in [0, 0.1) is 0 Å². The van der Waals surface area contributed by atoms with Gasteiger partial charge in [0.2, 0.25) is 0 Å². The highest BCUT2D eigenvalue weighted by molar-refractivity contribution is 5.98. The van der Waals surface area contributed by atoms with Gasteiger partial charge in [-0.15, -0.1) is 0 Å². The molecule has 1 heterocycles. The molecular weight excluding hydrogens is 270 g/mol. The maximum Gasteiger partial charge on any atom is 0.305 e. The number of rotatable bonds is 6. The summed E-state index contributed by atoms with van der Waals surface area (Å²) in [6, 6.07) is 1.57. The van der Waals surface area contributed by atoms with Gasteiger partial charge in [0.1, 0.15) is 5.82 Å². The van der Waals surface area contributed by atoms with Crippen molar-refractivity contribution in [2.45, 2.75) is 45.6 Å². The van der Waals surface area contributed by atoms with Gasteiger partial charge in [-0.2, -0.15) is 0 Å². The molecule has 0 radical (unpaired) electrons. The lowest BCUT2D eigenvalue weighted by molar-refractivity contribution is -0.137. The number of carbonyl (C=O) groups excluding carboxylic acids is 1. The molecule has 1 aromatic heterocycles. The van der Waals surface area contributed by atoms with E-state index >= 15 is 0 Å². The number of hydrogen-bond donors (Lipinski definition) is 2. The molecule has 3 N–H and O–H groups in total. The zero-order valence-corrected chi connectivity index (χ0v) is 12.4. The highest BCUT2D eigenvalue weighted by atomic mass is 16.4. The zero-order valence-electron chi connectivity index (χ0n) is 12.4. The van der Waals surface area contributed by atoms with E-state index in [4.69, 9.17) is 10.8 Å². The first-order valence-electron chi connectivity index (χ1n) is 7.25. The van der Waals surface area contributed by atoms with Gasteiger partial charge >= 0.3 is 5.97 Å². The Labute approximate surface area is 124 Å². The fraction of sp³-hybridized carbons (Fsp3) is 0.533. The first kappa shape index (κ1) is 15.3. The maximum absolute atomic E-state index is 11.7. The smallest absolute Gasteiger partial charge is 0.305 e. The number of aromatic nitrogens is 1. The summed E-state index contributed by atoms with van der Waals surface area (Å²) in [5, 5.41) is 8.97. The monoisotopic (exact) mass is 291 g/mol. The number of anilines is 1. The SMILES string of the molecule is CCN(c1nc2c(cc1C(N)=O)CCC2)C(C)CC(=O)O. The topological polar surface area (TPSA) is 96.5 Å². The molecule has 0 aromatic carbocycles. The number of aryl methyl sites for hydroxylation is 2. The Balaban J connectivity index is 2.44. The molecular formula is C15H21N3O3. The summed E-state index contributed by atoms with van der Waals surface area (Å²) in [7, 11) is 0. The molecule has 1 amide bonds. The summed E-state index contributed by atoms with van der Waals surface area (Å²) in [4.78, 5) is 29.1. The van der Waals surface area contributed by atoms with Crippen LogP contribution < -0.4 is 10.6 Å². The van der Waals surface area contributed by atoms with Gasteiger partial charge < -0.3 is 15.7 Å². The lowest BCUT2D eigenvalue weighted by Crippen LogP contribution is -2.37. The summed E-state index contributed by atoms with van der Waals surface area (Å²) < 4.78 is 0. The number of carboxylic acids is 1. The maximum atomic E-state index is 11.7. The van der Waals surface area contributed by atoms with E-state index in [0.29, 0.717) is 17.9 Å². The van der Waals surface area contributed by atoms with Crippen LogP contribution in [0.4, 0.5) is 5.82 Å². The summed E-state index contributed by atoms with van der Waals surface area (Å²) in [6.07, 6.45) is 2.83. The second-order valence-electron chi connectivity index (χ2n) is 5.42. The number of hydrogen-bond acceptors (Lipinski definition) is 4. The van der Waals surface area contributed by atoms with Crippen LogP contribution in [0.15, 0.2) is 6.07 Å². The van der Waals surface area contributed by atoms with E-state index in [-0.39, 0.29) is 12.5 Å². The number of aliphatic carboxylic acids is 1. The molecule has 114 valence electrons. The fourth-order valence-electron chi connectivity index (χ4n) is 2.89. The van der Waals surface area contributed by atoms with Crippen molar-refractivity contribution < 1.29 is 14.7 Å². The standard InChI is InChI=1S/C15H21N3O3/c1-3-18(9(2)7-13(19)20)15-11(14(16)21)8-10-5-4-6-12(10)17-15/h8-9H,3-7H2,1-2H3,(H2,16,21)(H,19,20). The minimum Gasteiger partial charge on any atom is -0.481 e. The van der Waals surface area contributed by atoms with E-state index in [1.165, 1.54) is 0 Å². The van der Waals surface area contributed by atoms with Crippen molar-refractivity contribution in [1.82, 2.24) is 4.98 Å². The van der Waals surface area contributed by atoms with Crippen LogP contribution in [0.25, 0.3) is 0 Å². The van der Waals surface area contributed by atoms with Crippen molar-refractivity contribution in [3.05, 3.63) is 22.9 Å². The van der Waals surface area contributed by atoms with Crippen molar-refractivity contribution in [2.24, 2.45) is 5.73 Å². The molecule has 1 atom stereocenters. The van der Waals surface area contributed by atoms with Crippen LogP contribution in [0.5, 0.6) is 0 Å². The Hall–Kier alpha value is -2.11. The highest BCUT2D eigenvalue weighted by Gasteiger charge is 2.25. The quantitative estimate of drug-likeness (QED) is 0.825.